The van der Waals surface area contributed by atoms with Crippen LogP contribution in [0.5, 0.6) is 0 Å². The van der Waals surface area contributed by atoms with Gasteiger partial charge in [-0.05, 0) is 57.7 Å². The van der Waals surface area contributed by atoms with Crippen molar-refractivity contribution in [3.05, 3.63) is 18.0 Å². The van der Waals surface area contributed by atoms with Crippen LogP contribution in [0.25, 0.3) is 11.0 Å². The van der Waals surface area contributed by atoms with Gasteiger partial charge in [0.1, 0.15) is 0 Å². The molecule has 2 saturated heterocycles. The van der Waals surface area contributed by atoms with Crippen molar-refractivity contribution in [3.63, 3.8) is 0 Å². The maximum Gasteiger partial charge on any atom is 0.272 e. The molecule has 2 aromatic rings. The average Bonchev–Trinajstić information content (AvgIpc) is 3.47. The number of hydrogen-bond donors (Lipinski definition) is 2. The van der Waals surface area contributed by atoms with Crippen LogP contribution in [0, 0.1) is 0 Å². The fourth-order valence-corrected chi connectivity index (χ4v) is 5.71. The highest BCUT2D eigenvalue weighted by Gasteiger charge is 2.25. The van der Waals surface area contributed by atoms with Crippen LogP contribution in [0.4, 0.5) is 5.69 Å². The van der Waals surface area contributed by atoms with E-state index in [2.05, 4.69) is 36.6 Å². The number of carbonyl (C=O) groups is 1. The van der Waals surface area contributed by atoms with Gasteiger partial charge < -0.3 is 20.4 Å². The van der Waals surface area contributed by atoms with Gasteiger partial charge in [0.2, 0.25) is 0 Å². The van der Waals surface area contributed by atoms with Crippen LogP contribution < -0.4 is 10.6 Å². The molecular weight excluding hydrogens is 414 g/mol. The molecule has 33 heavy (non-hydrogen) atoms. The zero-order valence-electron chi connectivity index (χ0n) is 20.1. The second-order valence-electron chi connectivity index (χ2n) is 10.2. The van der Waals surface area contributed by atoms with E-state index in [9.17, 15) is 4.79 Å². The zero-order chi connectivity index (χ0) is 22.6. The van der Waals surface area contributed by atoms with Crippen molar-refractivity contribution >= 4 is 22.6 Å². The Morgan fingerprint density at radius 2 is 1.64 bits per heavy atom. The molecule has 0 unspecified atom stereocenters. The van der Waals surface area contributed by atoms with Crippen LogP contribution in [-0.2, 0) is 7.05 Å². The maximum absolute atomic E-state index is 13.2. The molecule has 8 nitrogen and oxygen atoms in total. The Balaban J connectivity index is 1.18. The maximum atomic E-state index is 13.2. The summed E-state index contributed by atoms with van der Waals surface area (Å²) in [5.41, 5.74) is 2.23. The minimum atomic E-state index is -0.0762. The van der Waals surface area contributed by atoms with Gasteiger partial charge in [-0.3, -0.25) is 4.79 Å². The second-order valence-corrected chi connectivity index (χ2v) is 10.2. The smallest absolute Gasteiger partial charge is 0.272 e. The number of aryl methyl sites for hydroxylation is 1. The van der Waals surface area contributed by atoms with Gasteiger partial charge in [-0.1, -0.05) is 19.3 Å². The van der Waals surface area contributed by atoms with Crippen molar-refractivity contribution in [2.75, 3.05) is 44.6 Å². The van der Waals surface area contributed by atoms with E-state index < -0.39 is 0 Å². The molecule has 3 fully saturated rings. The Morgan fingerprint density at radius 3 is 2.36 bits per heavy atom. The van der Waals surface area contributed by atoms with Crippen molar-refractivity contribution < 1.29 is 4.79 Å². The van der Waals surface area contributed by atoms with E-state index in [4.69, 9.17) is 0 Å². The molecule has 1 amide bonds. The number of aromatic nitrogens is 3. The van der Waals surface area contributed by atoms with Crippen molar-refractivity contribution in [2.24, 2.45) is 7.05 Å². The number of nitrogens with one attached hydrogen (secondary N) is 2. The first kappa shape index (κ1) is 22.6. The van der Waals surface area contributed by atoms with Crippen molar-refractivity contribution in [3.8, 4) is 0 Å². The molecule has 180 valence electrons. The largest absolute Gasteiger partial charge is 0.381 e. The topological polar surface area (TPSA) is 78.3 Å². The molecule has 1 saturated carbocycles. The third-order valence-electron chi connectivity index (χ3n) is 7.72. The molecule has 2 N–H and O–H groups in total. The highest BCUT2D eigenvalue weighted by molar-refractivity contribution is 6.04. The summed E-state index contributed by atoms with van der Waals surface area (Å²) in [6.07, 6.45) is 12.9. The van der Waals surface area contributed by atoms with Crippen LogP contribution in [0.1, 0.15) is 68.3 Å². The molecule has 4 heterocycles. The Morgan fingerprint density at radius 1 is 0.939 bits per heavy atom. The number of carbonyl (C=O) groups excluding carboxylic acids is 1. The number of fused-ring (bicyclic) bond motifs is 1. The van der Waals surface area contributed by atoms with E-state index in [0.717, 1.165) is 49.2 Å². The third kappa shape index (κ3) is 5.49. The third-order valence-corrected chi connectivity index (χ3v) is 7.72. The normalized spacial score (nSPS) is 21.6. The summed E-state index contributed by atoms with van der Waals surface area (Å²) in [6, 6.07) is 2.77. The lowest BCUT2D eigenvalue weighted by Gasteiger charge is -2.33. The number of amides is 1. The minimum Gasteiger partial charge on any atom is -0.381 e. The molecule has 5 rings (SSSR count). The molecule has 0 bridgehead atoms. The number of hydrogen-bond acceptors (Lipinski definition) is 6. The fourth-order valence-electron chi connectivity index (χ4n) is 5.71. The number of nitrogens with zero attached hydrogens (tertiary/aromatic N) is 5. The lowest BCUT2D eigenvalue weighted by atomic mass is 9.95. The summed E-state index contributed by atoms with van der Waals surface area (Å²) < 4.78 is 1.72. The Labute approximate surface area is 197 Å². The van der Waals surface area contributed by atoms with E-state index in [1.165, 1.54) is 64.6 Å². The predicted octanol–water partition coefficient (Wildman–Crippen LogP) is 3.00. The van der Waals surface area contributed by atoms with Gasteiger partial charge in [0, 0.05) is 45.3 Å². The highest BCUT2D eigenvalue weighted by Crippen LogP contribution is 2.25. The standard InChI is InChI=1S/C25H39N7O/c1-30-24-22(17-21(18-26-24)27-19-7-3-2-4-8-19)23(29-30)25(33)28-20-9-13-32(14-10-20)16-15-31-11-5-6-12-31/h17-20,27H,2-16H2,1H3,(H,28,33). The molecule has 2 aromatic heterocycles. The Kier molecular flexibility index (Phi) is 7.11. The summed E-state index contributed by atoms with van der Waals surface area (Å²) in [4.78, 5) is 22.9. The first-order valence-electron chi connectivity index (χ1n) is 13.0. The first-order chi connectivity index (χ1) is 16.2. The van der Waals surface area contributed by atoms with Crippen LogP contribution in [0.3, 0.4) is 0 Å². The minimum absolute atomic E-state index is 0.0762. The SMILES string of the molecule is Cn1nc(C(=O)NC2CCN(CCN3CCCC3)CC2)c2cc(NC3CCCCC3)cnc21. The fraction of sp³-hybridized carbons (Fsp3) is 0.720. The summed E-state index contributed by atoms with van der Waals surface area (Å²) in [6.45, 7) is 6.96. The molecule has 8 heteroatoms. The summed E-state index contributed by atoms with van der Waals surface area (Å²) in [7, 11) is 1.86. The van der Waals surface area contributed by atoms with Gasteiger partial charge in [-0.25, -0.2) is 9.67 Å². The van der Waals surface area contributed by atoms with Gasteiger partial charge in [0.25, 0.3) is 5.91 Å². The Hall–Kier alpha value is -2.19. The number of pyridine rings is 1. The summed E-state index contributed by atoms with van der Waals surface area (Å²) in [5, 5.41) is 12.2. The van der Waals surface area contributed by atoms with Crippen LogP contribution >= 0.6 is 0 Å². The van der Waals surface area contributed by atoms with E-state index in [-0.39, 0.29) is 11.9 Å². The highest BCUT2D eigenvalue weighted by atomic mass is 16.2. The van der Waals surface area contributed by atoms with Gasteiger partial charge in [-0.15, -0.1) is 0 Å². The van der Waals surface area contributed by atoms with Crippen molar-refractivity contribution in [2.45, 2.75) is 69.9 Å². The number of likely N-dealkylation sites (tertiary alicyclic amines) is 2. The van der Waals surface area contributed by atoms with Crippen molar-refractivity contribution in [1.29, 1.82) is 0 Å². The second kappa shape index (κ2) is 10.4. The lowest BCUT2D eigenvalue weighted by Crippen LogP contribution is -2.46. The molecule has 0 spiro atoms. The van der Waals surface area contributed by atoms with Gasteiger partial charge in [0.05, 0.1) is 17.3 Å². The molecule has 1 aliphatic carbocycles. The summed E-state index contributed by atoms with van der Waals surface area (Å²) >= 11 is 0. The lowest BCUT2D eigenvalue weighted by molar-refractivity contribution is 0.0904. The molecule has 0 atom stereocenters. The van der Waals surface area contributed by atoms with Crippen molar-refractivity contribution in [1.82, 2.24) is 29.9 Å². The van der Waals surface area contributed by atoms with Crippen LogP contribution in [-0.4, -0.2) is 81.8 Å². The number of anilines is 1. The number of piperidine rings is 1. The van der Waals surface area contributed by atoms with Crippen LogP contribution in [0.2, 0.25) is 0 Å². The van der Waals surface area contributed by atoms with Gasteiger partial charge in [0.15, 0.2) is 11.3 Å². The van der Waals surface area contributed by atoms with E-state index in [1.807, 2.05) is 13.2 Å². The van der Waals surface area contributed by atoms with E-state index in [0.29, 0.717) is 11.7 Å². The molecule has 0 aromatic carbocycles. The quantitative estimate of drug-likeness (QED) is 0.671. The predicted molar refractivity (Wildman–Crippen MR) is 132 cm³/mol. The molecule has 3 aliphatic rings. The Bertz CT molecular complexity index is 938. The number of rotatable bonds is 7. The average molecular weight is 454 g/mol. The van der Waals surface area contributed by atoms with E-state index >= 15 is 0 Å². The van der Waals surface area contributed by atoms with Gasteiger partial charge in [-0.2, -0.15) is 5.10 Å². The first-order valence-corrected chi connectivity index (χ1v) is 13.0. The van der Waals surface area contributed by atoms with Crippen LogP contribution in [0.15, 0.2) is 12.3 Å². The molecule has 2 aliphatic heterocycles. The van der Waals surface area contributed by atoms with E-state index in [1.54, 1.807) is 4.68 Å². The molecule has 0 radical (unpaired) electrons. The molecular formula is C25H39N7O. The van der Waals surface area contributed by atoms with Gasteiger partial charge >= 0.3 is 0 Å². The zero-order valence-corrected chi connectivity index (χ0v) is 20.1. The summed E-state index contributed by atoms with van der Waals surface area (Å²) in [5.74, 6) is -0.0762. The monoisotopic (exact) mass is 453 g/mol.